The molecule has 94 valence electrons. The number of hydrogen-bond acceptors (Lipinski definition) is 4. The van der Waals surface area contributed by atoms with Crippen molar-refractivity contribution < 1.29 is 10.2 Å². The van der Waals surface area contributed by atoms with Crippen molar-refractivity contribution in [2.75, 3.05) is 32.7 Å². The maximum Gasteiger partial charge on any atom is 0.0791 e. The van der Waals surface area contributed by atoms with Crippen LogP contribution in [-0.2, 0) is 0 Å². The molecular formula is C12H24N2O2. The number of hydrogen-bond donors (Lipinski definition) is 3. The van der Waals surface area contributed by atoms with Gasteiger partial charge in [-0.3, -0.25) is 0 Å². The van der Waals surface area contributed by atoms with Crippen LogP contribution >= 0.6 is 0 Å². The standard InChI is InChI=1S/C12H24N2O2/c15-11-5-10(6-11)7-13-8-12(16)9-14-3-1-2-4-14/h10-13,15-16H,1-9H2. The summed E-state index contributed by atoms with van der Waals surface area (Å²) < 4.78 is 0. The van der Waals surface area contributed by atoms with Crippen molar-refractivity contribution in [3.63, 3.8) is 0 Å². The maximum atomic E-state index is 9.81. The number of nitrogens with zero attached hydrogens (tertiary/aromatic N) is 1. The fourth-order valence-corrected chi connectivity index (χ4v) is 2.65. The molecule has 4 nitrogen and oxygen atoms in total. The lowest BCUT2D eigenvalue weighted by molar-refractivity contribution is 0.0407. The van der Waals surface area contributed by atoms with Gasteiger partial charge in [-0.15, -0.1) is 0 Å². The normalized spacial score (nSPS) is 32.6. The molecule has 0 amide bonds. The molecule has 1 unspecified atom stereocenters. The molecule has 1 aliphatic heterocycles. The summed E-state index contributed by atoms with van der Waals surface area (Å²) >= 11 is 0. The number of likely N-dealkylation sites (tertiary alicyclic amines) is 1. The van der Waals surface area contributed by atoms with E-state index in [-0.39, 0.29) is 12.2 Å². The molecule has 0 spiro atoms. The summed E-state index contributed by atoms with van der Waals surface area (Å²) in [5.74, 6) is 0.619. The van der Waals surface area contributed by atoms with Gasteiger partial charge in [0.1, 0.15) is 0 Å². The highest BCUT2D eigenvalue weighted by molar-refractivity contribution is 4.80. The monoisotopic (exact) mass is 228 g/mol. The molecule has 0 aromatic carbocycles. The number of aliphatic hydroxyl groups excluding tert-OH is 2. The molecule has 1 atom stereocenters. The molecule has 0 aromatic rings. The van der Waals surface area contributed by atoms with Crippen LogP contribution in [0.1, 0.15) is 25.7 Å². The Kier molecular flexibility index (Phi) is 4.58. The second-order valence-electron chi connectivity index (χ2n) is 5.31. The lowest BCUT2D eigenvalue weighted by Gasteiger charge is -2.31. The highest BCUT2D eigenvalue weighted by Gasteiger charge is 2.26. The molecule has 1 saturated carbocycles. The zero-order valence-corrected chi connectivity index (χ0v) is 9.94. The fourth-order valence-electron chi connectivity index (χ4n) is 2.65. The van der Waals surface area contributed by atoms with Crippen LogP contribution in [0.3, 0.4) is 0 Å². The van der Waals surface area contributed by atoms with E-state index in [0.29, 0.717) is 12.5 Å². The molecule has 0 aromatic heterocycles. The van der Waals surface area contributed by atoms with Crippen molar-refractivity contribution in [1.82, 2.24) is 10.2 Å². The van der Waals surface area contributed by atoms with Crippen LogP contribution < -0.4 is 5.32 Å². The SMILES string of the molecule is OC1CC(CNCC(O)CN2CCCC2)C1. The third kappa shape index (κ3) is 3.70. The molecule has 2 rings (SSSR count). The second kappa shape index (κ2) is 5.96. The van der Waals surface area contributed by atoms with E-state index in [9.17, 15) is 5.11 Å². The van der Waals surface area contributed by atoms with Crippen molar-refractivity contribution in [3.05, 3.63) is 0 Å². The molecule has 2 fully saturated rings. The Morgan fingerprint density at radius 1 is 1.25 bits per heavy atom. The first-order valence-electron chi connectivity index (χ1n) is 6.53. The molecule has 16 heavy (non-hydrogen) atoms. The molecule has 0 bridgehead atoms. The third-order valence-corrected chi connectivity index (χ3v) is 3.69. The minimum absolute atomic E-state index is 0.0682. The summed E-state index contributed by atoms with van der Waals surface area (Å²) in [5, 5.41) is 22.2. The maximum absolute atomic E-state index is 9.81. The molecular weight excluding hydrogens is 204 g/mol. The van der Waals surface area contributed by atoms with Gasteiger partial charge in [0.15, 0.2) is 0 Å². The second-order valence-corrected chi connectivity index (χ2v) is 5.31. The highest BCUT2D eigenvalue weighted by atomic mass is 16.3. The zero-order chi connectivity index (χ0) is 11.4. The quantitative estimate of drug-likeness (QED) is 0.589. The van der Waals surface area contributed by atoms with Crippen molar-refractivity contribution in [3.8, 4) is 0 Å². The van der Waals surface area contributed by atoms with Crippen molar-refractivity contribution in [1.29, 1.82) is 0 Å². The predicted octanol–water partition coefficient (Wildman–Crippen LogP) is -0.196. The van der Waals surface area contributed by atoms with Crippen LogP contribution in [0.5, 0.6) is 0 Å². The summed E-state index contributed by atoms with van der Waals surface area (Å²) in [6.45, 7) is 4.72. The first-order valence-corrected chi connectivity index (χ1v) is 6.53. The summed E-state index contributed by atoms with van der Waals surface area (Å²) in [6, 6.07) is 0. The van der Waals surface area contributed by atoms with Crippen LogP contribution in [0, 0.1) is 5.92 Å². The number of β-amino-alcohol motifs (C(OH)–C–C–N with tert-alkyl or cyclic N) is 1. The minimum atomic E-state index is -0.247. The van der Waals surface area contributed by atoms with Gasteiger partial charge in [0.2, 0.25) is 0 Å². The Bertz CT molecular complexity index is 201. The van der Waals surface area contributed by atoms with Crippen LogP contribution in [0.4, 0.5) is 0 Å². The van der Waals surface area contributed by atoms with Gasteiger partial charge in [-0.25, -0.2) is 0 Å². The molecule has 1 heterocycles. The molecule has 1 aliphatic carbocycles. The van der Waals surface area contributed by atoms with E-state index in [1.54, 1.807) is 0 Å². The lowest BCUT2D eigenvalue weighted by atomic mass is 9.82. The average molecular weight is 228 g/mol. The van der Waals surface area contributed by atoms with Crippen LogP contribution in [-0.4, -0.2) is 60.0 Å². The van der Waals surface area contributed by atoms with Gasteiger partial charge in [-0.05, 0) is 51.2 Å². The van der Waals surface area contributed by atoms with E-state index in [2.05, 4.69) is 10.2 Å². The smallest absolute Gasteiger partial charge is 0.0791 e. The predicted molar refractivity (Wildman–Crippen MR) is 63.3 cm³/mol. The molecule has 2 aliphatic rings. The Balaban J connectivity index is 1.48. The van der Waals surface area contributed by atoms with Crippen LogP contribution in [0.25, 0.3) is 0 Å². The summed E-state index contributed by atoms with van der Waals surface area (Å²) in [7, 11) is 0. The van der Waals surface area contributed by atoms with Gasteiger partial charge >= 0.3 is 0 Å². The van der Waals surface area contributed by atoms with Gasteiger partial charge in [0.25, 0.3) is 0 Å². The van der Waals surface area contributed by atoms with Gasteiger partial charge in [-0.2, -0.15) is 0 Å². The van der Waals surface area contributed by atoms with Gasteiger partial charge in [-0.1, -0.05) is 0 Å². The van der Waals surface area contributed by atoms with Gasteiger partial charge in [0, 0.05) is 13.1 Å². The van der Waals surface area contributed by atoms with Crippen molar-refractivity contribution in [2.24, 2.45) is 5.92 Å². The largest absolute Gasteiger partial charge is 0.393 e. The summed E-state index contributed by atoms with van der Waals surface area (Å²) in [5.41, 5.74) is 0. The van der Waals surface area contributed by atoms with E-state index in [0.717, 1.165) is 39.0 Å². The third-order valence-electron chi connectivity index (χ3n) is 3.69. The van der Waals surface area contributed by atoms with E-state index < -0.39 is 0 Å². The first kappa shape index (κ1) is 12.3. The van der Waals surface area contributed by atoms with Crippen LogP contribution in [0.15, 0.2) is 0 Å². The summed E-state index contributed by atoms with van der Waals surface area (Å²) in [4.78, 5) is 2.33. The average Bonchev–Trinajstić information content (AvgIpc) is 2.67. The Hall–Kier alpha value is -0.160. The Labute approximate surface area is 97.6 Å². The van der Waals surface area contributed by atoms with Gasteiger partial charge in [0.05, 0.1) is 12.2 Å². The Morgan fingerprint density at radius 3 is 2.56 bits per heavy atom. The fraction of sp³-hybridized carbons (Fsp3) is 1.00. The molecule has 1 saturated heterocycles. The van der Waals surface area contributed by atoms with E-state index in [1.165, 1.54) is 12.8 Å². The van der Waals surface area contributed by atoms with Crippen molar-refractivity contribution >= 4 is 0 Å². The lowest BCUT2D eigenvalue weighted by Crippen LogP contribution is -2.41. The number of aliphatic hydroxyl groups is 2. The molecule has 0 radical (unpaired) electrons. The van der Waals surface area contributed by atoms with Crippen LogP contribution in [0.2, 0.25) is 0 Å². The highest BCUT2D eigenvalue weighted by Crippen LogP contribution is 2.25. The summed E-state index contributed by atoms with van der Waals surface area (Å²) in [6.07, 6.45) is 4.09. The zero-order valence-electron chi connectivity index (χ0n) is 9.94. The topological polar surface area (TPSA) is 55.7 Å². The van der Waals surface area contributed by atoms with Gasteiger partial charge < -0.3 is 20.4 Å². The number of rotatable bonds is 6. The minimum Gasteiger partial charge on any atom is -0.393 e. The number of nitrogens with one attached hydrogen (secondary N) is 1. The Morgan fingerprint density at radius 2 is 1.94 bits per heavy atom. The van der Waals surface area contributed by atoms with E-state index in [1.807, 2.05) is 0 Å². The van der Waals surface area contributed by atoms with E-state index in [4.69, 9.17) is 5.11 Å². The first-order chi connectivity index (χ1) is 7.74. The van der Waals surface area contributed by atoms with Crippen molar-refractivity contribution in [2.45, 2.75) is 37.9 Å². The van der Waals surface area contributed by atoms with E-state index >= 15 is 0 Å². The molecule has 3 N–H and O–H groups in total. The molecule has 4 heteroatoms.